The molecule has 0 fully saturated rings. The molecular formula is C12H13BrN4. The highest BCUT2D eigenvalue weighted by atomic mass is 79.9. The molecule has 2 heterocycles. The summed E-state index contributed by atoms with van der Waals surface area (Å²) in [5, 5.41) is 11.0. The van der Waals surface area contributed by atoms with Crippen molar-refractivity contribution < 1.29 is 0 Å². The normalized spacial score (nSPS) is 12.4. The number of aromatic nitrogens is 3. The molecule has 2 aromatic rings. The summed E-state index contributed by atoms with van der Waals surface area (Å²) in [6.45, 7) is 0. The second-order valence-corrected chi connectivity index (χ2v) is 4.65. The predicted octanol–water partition coefficient (Wildman–Crippen LogP) is 2.14. The second kappa shape index (κ2) is 5.84. The summed E-state index contributed by atoms with van der Waals surface area (Å²) in [5.74, 6) is 0. The van der Waals surface area contributed by atoms with Gasteiger partial charge < -0.3 is 5.32 Å². The van der Waals surface area contributed by atoms with Gasteiger partial charge in [0.25, 0.3) is 0 Å². The first-order valence-corrected chi connectivity index (χ1v) is 6.12. The van der Waals surface area contributed by atoms with Crippen LogP contribution >= 0.6 is 15.9 Å². The minimum Gasteiger partial charge on any atom is -0.313 e. The van der Waals surface area contributed by atoms with Crippen molar-refractivity contribution in [1.82, 2.24) is 20.5 Å². The second-order valence-electron chi connectivity index (χ2n) is 3.73. The molecule has 17 heavy (non-hydrogen) atoms. The van der Waals surface area contributed by atoms with Crippen LogP contribution in [-0.2, 0) is 6.42 Å². The van der Waals surface area contributed by atoms with Gasteiger partial charge in [-0.05, 0) is 52.7 Å². The Hall–Kier alpha value is -1.33. The van der Waals surface area contributed by atoms with Crippen LogP contribution in [0.15, 0.2) is 41.4 Å². The van der Waals surface area contributed by atoms with Crippen molar-refractivity contribution in [3.63, 3.8) is 0 Å². The van der Waals surface area contributed by atoms with E-state index in [0.29, 0.717) is 0 Å². The molecular weight excluding hydrogens is 280 g/mol. The molecule has 1 unspecified atom stereocenters. The van der Waals surface area contributed by atoms with Gasteiger partial charge in [-0.1, -0.05) is 0 Å². The van der Waals surface area contributed by atoms with Crippen molar-refractivity contribution in [2.24, 2.45) is 0 Å². The number of hydrogen-bond acceptors (Lipinski definition) is 4. The largest absolute Gasteiger partial charge is 0.313 e. The summed E-state index contributed by atoms with van der Waals surface area (Å²) in [6.07, 6.45) is 8.02. The average Bonchev–Trinajstić information content (AvgIpc) is 2.37. The smallest absolute Gasteiger partial charge is 0.0544 e. The molecule has 1 atom stereocenters. The van der Waals surface area contributed by atoms with E-state index in [1.54, 1.807) is 18.6 Å². The zero-order chi connectivity index (χ0) is 12.1. The average molecular weight is 293 g/mol. The molecule has 4 nitrogen and oxygen atoms in total. The van der Waals surface area contributed by atoms with E-state index in [1.807, 2.05) is 19.3 Å². The van der Waals surface area contributed by atoms with E-state index < -0.39 is 0 Å². The monoisotopic (exact) mass is 292 g/mol. The predicted molar refractivity (Wildman–Crippen MR) is 69.5 cm³/mol. The molecule has 2 rings (SSSR count). The lowest BCUT2D eigenvalue weighted by atomic mass is 10.0. The third-order valence-electron chi connectivity index (χ3n) is 2.56. The Kier molecular flexibility index (Phi) is 4.17. The molecule has 0 saturated heterocycles. The van der Waals surface area contributed by atoms with Gasteiger partial charge in [-0.15, -0.1) is 0 Å². The molecule has 0 aromatic carbocycles. The topological polar surface area (TPSA) is 50.7 Å². The van der Waals surface area contributed by atoms with Gasteiger partial charge in [0.05, 0.1) is 6.20 Å². The van der Waals surface area contributed by atoms with E-state index in [1.165, 1.54) is 5.56 Å². The molecule has 0 radical (unpaired) electrons. The van der Waals surface area contributed by atoms with Crippen LogP contribution in [0.5, 0.6) is 0 Å². The van der Waals surface area contributed by atoms with E-state index in [9.17, 15) is 0 Å². The summed E-state index contributed by atoms with van der Waals surface area (Å²) < 4.78 is 0.998. The van der Waals surface area contributed by atoms with Crippen molar-refractivity contribution in [3.8, 4) is 0 Å². The first-order valence-electron chi connectivity index (χ1n) is 5.33. The Morgan fingerprint density at radius 3 is 2.82 bits per heavy atom. The summed E-state index contributed by atoms with van der Waals surface area (Å²) in [6, 6.07) is 4.27. The highest BCUT2D eigenvalue weighted by Crippen LogP contribution is 2.18. The molecule has 0 bridgehead atoms. The first kappa shape index (κ1) is 12.1. The molecule has 0 aliphatic carbocycles. The van der Waals surface area contributed by atoms with Crippen molar-refractivity contribution in [2.75, 3.05) is 7.05 Å². The number of rotatable bonds is 4. The fourth-order valence-electron chi connectivity index (χ4n) is 1.70. The molecule has 0 spiro atoms. The summed E-state index contributed by atoms with van der Waals surface area (Å²) in [5.41, 5.74) is 2.30. The molecule has 88 valence electrons. The van der Waals surface area contributed by atoms with Gasteiger partial charge in [0.15, 0.2) is 0 Å². The van der Waals surface area contributed by atoms with Crippen molar-refractivity contribution in [3.05, 3.63) is 52.5 Å². The van der Waals surface area contributed by atoms with Gasteiger partial charge in [-0.3, -0.25) is 4.98 Å². The molecule has 0 aliphatic rings. The van der Waals surface area contributed by atoms with Crippen molar-refractivity contribution in [2.45, 2.75) is 12.5 Å². The van der Waals surface area contributed by atoms with E-state index in [-0.39, 0.29) is 6.04 Å². The van der Waals surface area contributed by atoms with Crippen molar-refractivity contribution in [1.29, 1.82) is 0 Å². The lowest BCUT2D eigenvalue weighted by Crippen LogP contribution is -2.19. The van der Waals surface area contributed by atoms with Crippen molar-refractivity contribution >= 4 is 15.9 Å². The van der Waals surface area contributed by atoms with Crippen LogP contribution in [0.3, 0.4) is 0 Å². The first-order chi connectivity index (χ1) is 8.29. The van der Waals surface area contributed by atoms with E-state index in [0.717, 1.165) is 16.5 Å². The Morgan fingerprint density at radius 2 is 2.18 bits per heavy atom. The van der Waals surface area contributed by atoms with Gasteiger partial charge in [-0.25, -0.2) is 0 Å². The standard InChI is InChI=1S/C12H13BrN4/c1-14-12(10-2-3-16-17-7-10)5-9-4-11(13)8-15-6-9/h2-4,6-8,12,14H,5H2,1H3. The molecule has 1 N–H and O–H groups in total. The Morgan fingerprint density at radius 1 is 1.29 bits per heavy atom. The quantitative estimate of drug-likeness (QED) is 0.938. The Balaban J connectivity index is 2.16. The number of nitrogens with zero attached hydrogens (tertiary/aromatic N) is 3. The molecule has 0 aliphatic heterocycles. The maximum Gasteiger partial charge on any atom is 0.0544 e. The number of nitrogens with one attached hydrogen (secondary N) is 1. The van der Waals surface area contributed by atoms with Crippen LogP contribution in [0, 0.1) is 0 Å². The SMILES string of the molecule is CNC(Cc1cncc(Br)c1)c1ccnnc1. The highest BCUT2D eigenvalue weighted by molar-refractivity contribution is 9.10. The minimum absolute atomic E-state index is 0.224. The number of likely N-dealkylation sites (N-methyl/N-ethyl adjacent to an activating group) is 1. The number of halogens is 1. The van der Waals surface area contributed by atoms with Gasteiger partial charge in [0, 0.05) is 29.1 Å². The fourth-order valence-corrected chi connectivity index (χ4v) is 2.11. The maximum atomic E-state index is 4.16. The van der Waals surface area contributed by atoms with Crippen LogP contribution in [0.1, 0.15) is 17.2 Å². The molecule has 0 saturated carbocycles. The molecule has 2 aromatic heterocycles. The third-order valence-corrected chi connectivity index (χ3v) is 2.99. The van der Waals surface area contributed by atoms with Crippen LogP contribution < -0.4 is 5.32 Å². The summed E-state index contributed by atoms with van der Waals surface area (Å²) >= 11 is 3.42. The van der Waals surface area contributed by atoms with Crippen LogP contribution in [0.25, 0.3) is 0 Å². The van der Waals surface area contributed by atoms with Crippen LogP contribution in [0.2, 0.25) is 0 Å². The highest BCUT2D eigenvalue weighted by Gasteiger charge is 2.10. The molecule has 5 heteroatoms. The van der Waals surface area contributed by atoms with E-state index >= 15 is 0 Å². The van der Waals surface area contributed by atoms with Crippen LogP contribution in [0.4, 0.5) is 0 Å². The maximum absolute atomic E-state index is 4.16. The lowest BCUT2D eigenvalue weighted by molar-refractivity contribution is 0.587. The lowest BCUT2D eigenvalue weighted by Gasteiger charge is -2.15. The molecule has 0 amide bonds. The summed E-state index contributed by atoms with van der Waals surface area (Å²) in [7, 11) is 1.94. The van der Waals surface area contributed by atoms with Gasteiger partial charge >= 0.3 is 0 Å². The summed E-state index contributed by atoms with van der Waals surface area (Å²) in [4.78, 5) is 4.16. The third kappa shape index (κ3) is 3.31. The number of pyridine rings is 1. The zero-order valence-electron chi connectivity index (χ0n) is 9.47. The number of hydrogen-bond donors (Lipinski definition) is 1. The van der Waals surface area contributed by atoms with Crippen LogP contribution in [-0.4, -0.2) is 22.2 Å². The van der Waals surface area contributed by atoms with Gasteiger partial charge in [-0.2, -0.15) is 10.2 Å². The fraction of sp³-hybridized carbons (Fsp3) is 0.250. The minimum atomic E-state index is 0.224. The van der Waals surface area contributed by atoms with E-state index in [2.05, 4.69) is 42.5 Å². The Bertz CT molecular complexity index is 475. The zero-order valence-corrected chi connectivity index (χ0v) is 11.1. The van der Waals surface area contributed by atoms with E-state index in [4.69, 9.17) is 0 Å². The van der Waals surface area contributed by atoms with Gasteiger partial charge in [0.1, 0.15) is 0 Å². The van der Waals surface area contributed by atoms with Gasteiger partial charge in [0.2, 0.25) is 0 Å². The Labute approximate surface area is 109 Å².